The summed E-state index contributed by atoms with van der Waals surface area (Å²) >= 11 is 0. The van der Waals surface area contributed by atoms with Gasteiger partial charge in [-0.05, 0) is 43.3 Å². The monoisotopic (exact) mass is 508 g/mol. The molecule has 3 aromatic heterocycles. The van der Waals surface area contributed by atoms with Crippen LogP contribution in [0.2, 0.25) is 0 Å². The summed E-state index contributed by atoms with van der Waals surface area (Å²) in [6.45, 7) is 2.05. The van der Waals surface area contributed by atoms with Gasteiger partial charge in [0.05, 0.1) is 37.3 Å². The third-order valence-corrected chi connectivity index (χ3v) is 6.92. The first kappa shape index (κ1) is 23.4. The fraction of sp³-hybridized carbons (Fsp3) is 0.208. The standard InChI is InChI=1S/C24H24N6O5S/c1-16-25-17-8-4-5-9-18(17)29(16)13-15-36(31,32)28-24-27-26-23(21-12-7-14-35-21)30(24)22-19(33-2)10-6-11-20(22)34-3/h4-12,14H,13,15H2,1-3H3,(H,27,28). The van der Waals surface area contributed by atoms with Gasteiger partial charge in [0.15, 0.2) is 5.76 Å². The van der Waals surface area contributed by atoms with Gasteiger partial charge in [0, 0.05) is 6.54 Å². The molecule has 2 aromatic carbocycles. The smallest absolute Gasteiger partial charge is 0.243 e. The van der Waals surface area contributed by atoms with Gasteiger partial charge >= 0.3 is 0 Å². The Kier molecular flexibility index (Phi) is 6.10. The molecule has 0 aliphatic rings. The van der Waals surface area contributed by atoms with Crippen LogP contribution < -0.4 is 14.2 Å². The van der Waals surface area contributed by atoms with Gasteiger partial charge in [0.1, 0.15) is 23.0 Å². The second-order valence-electron chi connectivity index (χ2n) is 7.89. The van der Waals surface area contributed by atoms with Gasteiger partial charge < -0.3 is 18.5 Å². The molecule has 0 radical (unpaired) electrons. The van der Waals surface area contributed by atoms with E-state index in [0.29, 0.717) is 22.9 Å². The summed E-state index contributed by atoms with van der Waals surface area (Å²) in [5.74, 6) is 2.02. The van der Waals surface area contributed by atoms with Gasteiger partial charge in [-0.3, -0.25) is 9.29 Å². The summed E-state index contributed by atoms with van der Waals surface area (Å²) in [6.07, 6.45) is 1.50. The van der Waals surface area contributed by atoms with Gasteiger partial charge in [0.2, 0.25) is 21.8 Å². The van der Waals surface area contributed by atoms with E-state index in [2.05, 4.69) is 19.9 Å². The van der Waals surface area contributed by atoms with E-state index < -0.39 is 10.0 Å². The molecule has 0 bridgehead atoms. The number of furan rings is 1. The fourth-order valence-electron chi connectivity index (χ4n) is 4.06. The van der Waals surface area contributed by atoms with E-state index in [4.69, 9.17) is 13.9 Å². The normalized spacial score (nSPS) is 11.6. The maximum atomic E-state index is 13.2. The van der Waals surface area contributed by atoms with Crippen LogP contribution in [0.5, 0.6) is 11.5 Å². The molecule has 186 valence electrons. The SMILES string of the molecule is COc1cccc(OC)c1-n1c(NS(=O)(=O)CCn2c(C)nc3ccccc32)nnc1-c1ccco1. The van der Waals surface area contributed by atoms with Crippen molar-refractivity contribution in [1.82, 2.24) is 24.3 Å². The average molecular weight is 509 g/mol. The van der Waals surface area contributed by atoms with Crippen LogP contribution in [0, 0.1) is 6.92 Å². The lowest BCUT2D eigenvalue weighted by Crippen LogP contribution is -2.23. The zero-order valence-corrected chi connectivity index (χ0v) is 20.7. The molecule has 0 amide bonds. The van der Waals surface area contributed by atoms with Crippen LogP contribution in [0.3, 0.4) is 0 Å². The lowest BCUT2D eigenvalue weighted by molar-refractivity contribution is 0.391. The molecule has 0 spiro atoms. The Morgan fingerprint density at radius 1 is 0.972 bits per heavy atom. The molecule has 0 aliphatic carbocycles. The molecular weight excluding hydrogens is 484 g/mol. The van der Waals surface area contributed by atoms with Gasteiger partial charge in [-0.1, -0.05) is 18.2 Å². The number of nitrogens with zero attached hydrogens (tertiary/aromatic N) is 5. The average Bonchev–Trinajstić information content (AvgIpc) is 3.60. The van der Waals surface area contributed by atoms with Crippen molar-refractivity contribution in [3.05, 3.63) is 66.7 Å². The van der Waals surface area contributed by atoms with Crippen molar-refractivity contribution in [2.45, 2.75) is 13.5 Å². The minimum atomic E-state index is -3.86. The Labute approximate surface area is 207 Å². The molecule has 0 saturated carbocycles. The molecular formula is C24H24N6O5S. The maximum absolute atomic E-state index is 13.2. The molecule has 0 unspecified atom stereocenters. The third kappa shape index (κ3) is 4.26. The van der Waals surface area contributed by atoms with E-state index in [0.717, 1.165) is 16.9 Å². The minimum Gasteiger partial charge on any atom is -0.494 e. The van der Waals surface area contributed by atoms with Gasteiger partial charge in [-0.2, -0.15) is 0 Å². The van der Waals surface area contributed by atoms with E-state index in [1.807, 2.05) is 35.8 Å². The number of fused-ring (bicyclic) bond motifs is 1. The lowest BCUT2D eigenvalue weighted by atomic mass is 10.2. The van der Waals surface area contributed by atoms with Gasteiger partial charge in [-0.15, -0.1) is 10.2 Å². The molecule has 0 aliphatic heterocycles. The van der Waals surface area contributed by atoms with Gasteiger partial charge in [0.25, 0.3) is 0 Å². The summed E-state index contributed by atoms with van der Waals surface area (Å²) in [6, 6.07) is 16.2. The number of methoxy groups -OCH3 is 2. The van der Waals surface area contributed by atoms with Crippen LogP contribution in [0.4, 0.5) is 5.95 Å². The largest absolute Gasteiger partial charge is 0.494 e. The first-order chi connectivity index (χ1) is 17.4. The number of para-hydroxylation sites is 3. The van der Waals surface area contributed by atoms with E-state index in [1.54, 1.807) is 30.3 Å². The number of ether oxygens (including phenoxy) is 2. The maximum Gasteiger partial charge on any atom is 0.243 e. The summed E-state index contributed by atoms with van der Waals surface area (Å²) in [5, 5.41) is 8.33. The van der Waals surface area contributed by atoms with E-state index in [-0.39, 0.29) is 24.1 Å². The van der Waals surface area contributed by atoms with Crippen LogP contribution in [0.15, 0.2) is 65.3 Å². The number of imidazole rings is 1. The van der Waals surface area contributed by atoms with E-state index in [1.165, 1.54) is 25.0 Å². The zero-order valence-electron chi connectivity index (χ0n) is 19.9. The van der Waals surface area contributed by atoms with Crippen molar-refractivity contribution >= 4 is 27.0 Å². The van der Waals surface area contributed by atoms with Crippen molar-refractivity contribution in [2.75, 3.05) is 24.7 Å². The molecule has 36 heavy (non-hydrogen) atoms. The van der Waals surface area contributed by atoms with Crippen molar-refractivity contribution in [1.29, 1.82) is 0 Å². The lowest BCUT2D eigenvalue weighted by Gasteiger charge is -2.17. The van der Waals surface area contributed by atoms with Crippen molar-refractivity contribution in [3.8, 4) is 28.8 Å². The van der Waals surface area contributed by atoms with Crippen LogP contribution in [-0.4, -0.2) is 52.7 Å². The molecule has 5 aromatic rings. The van der Waals surface area contributed by atoms with Crippen LogP contribution >= 0.6 is 0 Å². The van der Waals surface area contributed by atoms with Crippen molar-refractivity contribution < 1.29 is 22.3 Å². The minimum absolute atomic E-state index is 0.0311. The zero-order chi connectivity index (χ0) is 25.3. The highest BCUT2D eigenvalue weighted by Crippen LogP contribution is 2.37. The highest BCUT2D eigenvalue weighted by Gasteiger charge is 2.26. The highest BCUT2D eigenvalue weighted by molar-refractivity contribution is 7.92. The molecule has 5 rings (SSSR count). The quantitative estimate of drug-likeness (QED) is 0.320. The fourth-order valence-corrected chi connectivity index (χ4v) is 4.99. The van der Waals surface area contributed by atoms with Crippen molar-refractivity contribution in [3.63, 3.8) is 0 Å². The number of nitrogens with one attached hydrogen (secondary N) is 1. The number of rotatable bonds is 9. The molecule has 0 fully saturated rings. The molecule has 12 heteroatoms. The Morgan fingerprint density at radius 3 is 2.42 bits per heavy atom. The number of anilines is 1. The Hall–Kier alpha value is -4.32. The number of hydrogen-bond donors (Lipinski definition) is 1. The second kappa shape index (κ2) is 9.38. The van der Waals surface area contributed by atoms with E-state index in [9.17, 15) is 8.42 Å². The van der Waals surface area contributed by atoms with Crippen LogP contribution in [-0.2, 0) is 16.6 Å². The first-order valence-electron chi connectivity index (χ1n) is 11.0. The molecule has 11 nitrogen and oxygen atoms in total. The summed E-state index contributed by atoms with van der Waals surface area (Å²) in [4.78, 5) is 4.50. The Morgan fingerprint density at radius 2 is 1.72 bits per heavy atom. The predicted octanol–water partition coefficient (Wildman–Crippen LogP) is 3.64. The predicted molar refractivity (Wildman–Crippen MR) is 134 cm³/mol. The van der Waals surface area contributed by atoms with Gasteiger partial charge in [-0.25, -0.2) is 13.4 Å². The number of hydrogen-bond acceptors (Lipinski definition) is 8. The summed E-state index contributed by atoms with van der Waals surface area (Å²) in [5.41, 5.74) is 2.10. The molecule has 0 atom stereocenters. The Balaban J connectivity index is 1.53. The Bertz CT molecular complexity index is 1600. The van der Waals surface area contributed by atoms with E-state index >= 15 is 0 Å². The first-order valence-corrected chi connectivity index (χ1v) is 12.7. The number of aryl methyl sites for hydroxylation is 2. The summed E-state index contributed by atoms with van der Waals surface area (Å²) in [7, 11) is -0.834. The molecule has 0 saturated heterocycles. The highest BCUT2D eigenvalue weighted by atomic mass is 32.2. The van der Waals surface area contributed by atoms with Crippen LogP contribution in [0.25, 0.3) is 28.3 Å². The van der Waals surface area contributed by atoms with Crippen LogP contribution in [0.1, 0.15) is 5.82 Å². The number of aromatic nitrogens is 5. The topological polar surface area (TPSA) is 126 Å². The number of sulfonamides is 1. The molecule has 3 heterocycles. The number of benzene rings is 2. The van der Waals surface area contributed by atoms with Crippen molar-refractivity contribution in [2.24, 2.45) is 0 Å². The molecule has 1 N–H and O–H groups in total. The second-order valence-corrected chi connectivity index (χ2v) is 9.73. The third-order valence-electron chi connectivity index (χ3n) is 5.71. The summed E-state index contributed by atoms with van der Waals surface area (Å²) < 4.78 is 49.0.